The summed E-state index contributed by atoms with van der Waals surface area (Å²) < 4.78 is 5.96. The second-order valence-electron chi connectivity index (χ2n) is 6.35. The summed E-state index contributed by atoms with van der Waals surface area (Å²) in [4.78, 5) is 11.6. The fraction of sp³-hybridized carbons (Fsp3) is 0.933. The maximum atomic E-state index is 11.6. The van der Waals surface area contributed by atoms with Gasteiger partial charge in [-0.15, -0.1) is 0 Å². The molecule has 0 radical (unpaired) electrons. The number of hydrogen-bond acceptors (Lipinski definition) is 3. The highest BCUT2D eigenvalue weighted by atomic mass is 16.5. The summed E-state index contributed by atoms with van der Waals surface area (Å²) in [5.74, 6) is -0.260. The summed E-state index contributed by atoms with van der Waals surface area (Å²) in [5, 5.41) is 3.36. The van der Waals surface area contributed by atoms with Gasteiger partial charge in [-0.3, -0.25) is 4.79 Å². The van der Waals surface area contributed by atoms with Crippen LogP contribution in [0.1, 0.15) is 64.7 Å². The first kappa shape index (κ1) is 14.8. The molecule has 2 aliphatic carbocycles. The summed E-state index contributed by atoms with van der Waals surface area (Å²) in [6.07, 6.45) is 10.9. The second kappa shape index (κ2) is 6.71. The van der Waals surface area contributed by atoms with E-state index in [1.165, 1.54) is 38.5 Å². The zero-order valence-corrected chi connectivity index (χ0v) is 12.1. The van der Waals surface area contributed by atoms with E-state index < -0.39 is 5.54 Å². The molecule has 2 aliphatic rings. The van der Waals surface area contributed by atoms with Crippen molar-refractivity contribution in [2.75, 3.05) is 6.61 Å². The largest absolute Gasteiger partial charge is 0.378 e. The molecule has 0 bridgehead atoms. The van der Waals surface area contributed by atoms with Gasteiger partial charge in [-0.25, -0.2) is 0 Å². The number of primary amides is 1. The van der Waals surface area contributed by atoms with Crippen LogP contribution in [0.5, 0.6) is 0 Å². The Bertz CT molecular complexity index is 297. The van der Waals surface area contributed by atoms with Gasteiger partial charge >= 0.3 is 0 Å². The molecule has 19 heavy (non-hydrogen) atoms. The molecule has 0 aromatic rings. The number of rotatable bonds is 7. The van der Waals surface area contributed by atoms with E-state index in [2.05, 4.69) is 5.32 Å². The number of carbonyl (C=O) groups excluding carboxylic acids is 1. The molecule has 3 N–H and O–H groups in total. The third-order valence-corrected chi connectivity index (χ3v) is 4.40. The van der Waals surface area contributed by atoms with Crippen molar-refractivity contribution in [1.82, 2.24) is 5.32 Å². The van der Waals surface area contributed by atoms with Gasteiger partial charge in [-0.1, -0.05) is 25.7 Å². The van der Waals surface area contributed by atoms with E-state index in [1.54, 1.807) is 0 Å². The Morgan fingerprint density at radius 2 is 1.84 bits per heavy atom. The van der Waals surface area contributed by atoms with Crippen molar-refractivity contribution in [2.24, 2.45) is 5.73 Å². The van der Waals surface area contributed by atoms with Gasteiger partial charge in [0.05, 0.1) is 11.6 Å². The fourth-order valence-electron chi connectivity index (χ4n) is 2.78. The summed E-state index contributed by atoms with van der Waals surface area (Å²) in [5.41, 5.74) is 4.93. The average Bonchev–Trinajstić information content (AvgIpc) is 3.16. The standard InChI is InChI=1S/C15H28N2O2/c1-15(14(16)18,17-12-8-9-12)10-11-19-13-6-4-2-3-5-7-13/h12-13,17H,2-11H2,1H3,(H2,16,18). The van der Waals surface area contributed by atoms with Gasteiger partial charge in [0.15, 0.2) is 0 Å². The summed E-state index contributed by atoms with van der Waals surface area (Å²) in [6, 6.07) is 0.482. The minimum atomic E-state index is -0.605. The normalized spacial score (nSPS) is 24.7. The monoisotopic (exact) mass is 268 g/mol. The predicted molar refractivity (Wildman–Crippen MR) is 75.8 cm³/mol. The Hall–Kier alpha value is -0.610. The number of nitrogens with two attached hydrogens (primary N) is 1. The number of amides is 1. The third kappa shape index (κ3) is 4.77. The van der Waals surface area contributed by atoms with E-state index in [4.69, 9.17) is 10.5 Å². The van der Waals surface area contributed by atoms with Gasteiger partial charge in [0.25, 0.3) is 0 Å². The van der Waals surface area contributed by atoms with Crippen molar-refractivity contribution in [3.05, 3.63) is 0 Å². The van der Waals surface area contributed by atoms with Crippen molar-refractivity contribution < 1.29 is 9.53 Å². The zero-order valence-electron chi connectivity index (χ0n) is 12.1. The van der Waals surface area contributed by atoms with Crippen LogP contribution in [0.3, 0.4) is 0 Å². The minimum absolute atomic E-state index is 0.260. The van der Waals surface area contributed by atoms with Crippen LogP contribution in [0.15, 0.2) is 0 Å². The van der Waals surface area contributed by atoms with Crippen LogP contribution in [0.2, 0.25) is 0 Å². The molecule has 1 amide bonds. The van der Waals surface area contributed by atoms with E-state index in [9.17, 15) is 4.79 Å². The highest BCUT2D eigenvalue weighted by Gasteiger charge is 2.36. The van der Waals surface area contributed by atoms with Crippen molar-refractivity contribution in [3.8, 4) is 0 Å². The van der Waals surface area contributed by atoms with Gasteiger partial charge in [-0.2, -0.15) is 0 Å². The molecule has 0 aromatic heterocycles. The summed E-state index contributed by atoms with van der Waals surface area (Å²) in [7, 11) is 0. The maximum absolute atomic E-state index is 11.6. The van der Waals surface area contributed by atoms with Gasteiger partial charge in [0, 0.05) is 12.6 Å². The van der Waals surface area contributed by atoms with Gasteiger partial charge < -0.3 is 15.8 Å². The average molecular weight is 268 g/mol. The molecule has 2 saturated carbocycles. The molecule has 0 aromatic carbocycles. The number of hydrogen-bond donors (Lipinski definition) is 2. The van der Waals surface area contributed by atoms with Gasteiger partial charge in [0.1, 0.15) is 0 Å². The third-order valence-electron chi connectivity index (χ3n) is 4.40. The van der Waals surface area contributed by atoms with Crippen LogP contribution in [0, 0.1) is 0 Å². The molecule has 2 rings (SSSR count). The van der Waals surface area contributed by atoms with Crippen molar-refractivity contribution >= 4 is 5.91 Å². The lowest BCUT2D eigenvalue weighted by molar-refractivity contribution is -0.125. The Kier molecular flexibility index (Phi) is 5.22. The van der Waals surface area contributed by atoms with E-state index in [0.29, 0.717) is 25.2 Å². The topological polar surface area (TPSA) is 64.3 Å². The lowest BCUT2D eigenvalue weighted by atomic mass is 9.97. The lowest BCUT2D eigenvalue weighted by Gasteiger charge is -2.28. The maximum Gasteiger partial charge on any atom is 0.237 e. The first-order valence-corrected chi connectivity index (χ1v) is 7.79. The highest BCUT2D eigenvalue weighted by molar-refractivity contribution is 5.84. The van der Waals surface area contributed by atoms with E-state index in [1.807, 2.05) is 6.92 Å². The molecule has 4 nitrogen and oxygen atoms in total. The lowest BCUT2D eigenvalue weighted by Crippen LogP contribution is -2.54. The zero-order chi connectivity index (χ0) is 13.7. The SMILES string of the molecule is CC(CCOC1CCCCCC1)(NC1CC1)C(N)=O. The highest BCUT2D eigenvalue weighted by Crippen LogP contribution is 2.25. The van der Waals surface area contributed by atoms with Crippen LogP contribution >= 0.6 is 0 Å². The van der Waals surface area contributed by atoms with Crippen LogP contribution in [-0.2, 0) is 9.53 Å². The molecule has 110 valence electrons. The second-order valence-corrected chi connectivity index (χ2v) is 6.35. The van der Waals surface area contributed by atoms with Crippen molar-refractivity contribution in [2.45, 2.75) is 82.4 Å². The Balaban J connectivity index is 1.73. The van der Waals surface area contributed by atoms with E-state index >= 15 is 0 Å². The first-order valence-electron chi connectivity index (χ1n) is 7.79. The van der Waals surface area contributed by atoms with E-state index in [-0.39, 0.29) is 5.91 Å². The molecule has 2 fully saturated rings. The molecule has 4 heteroatoms. The Morgan fingerprint density at radius 3 is 2.37 bits per heavy atom. The van der Waals surface area contributed by atoms with Crippen LogP contribution in [-0.4, -0.2) is 30.2 Å². The first-order chi connectivity index (χ1) is 9.10. The Labute approximate surface area is 116 Å². The molecule has 0 heterocycles. The quantitative estimate of drug-likeness (QED) is 0.695. The number of ether oxygens (including phenoxy) is 1. The molecule has 0 saturated heterocycles. The smallest absolute Gasteiger partial charge is 0.237 e. The summed E-state index contributed by atoms with van der Waals surface area (Å²) in [6.45, 7) is 2.54. The fourth-order valence-corrected chi connectivity index (χ4v) is 2.78. The molecular formula is C15H28N2O2. The van der Waals surface area contributed by atoms with Gasteiger partial charge in [0.2, 0.25) is 5.91 Å². The number of nitrogens with one attached hydrogen (secondary N) is 1. The van der Waals surface area contributed by atoms with Gasteiger partial charge in [-0.05, 0) is 39.0 Å². The molecule has 1 unspecified atom stereocenters. The van der Waals surface area contributed by atoms with Crippen molar-refractivity contribution in [1.29, 1.82) is 0 Å². The minimum Gasteiger partial charge on any atom is -0.378 e. The van der Waals surface area contributed by atoms with Crippen LogP contribution < -0.4 is 11.1 Å². The van der Waals surface area contributed by atoms with Crippen molar-refractivity contribution in [3.63, 3.8) is 0 Å². The molecule has 0 aliphatic heterocycles. The summed E-state index contributed by atoms with van der Waals surface area (Å²) >= 11 is 0. The van der Waals surface area contributed by atoms with E-state index in [0.717, 1.165) is 12.8 Å². The van der Waals surface area contributed by atoms with Crippen LogP contribution in [0.4, 0.5) is 0 Å². The molecule has 0 spiro atoms. The predicted octanol–water partition coefficient (Wildman–Crippen LogP) is 2.11. The molecule has 1 atom stereocenters. The number of carbonyl (C=O) groups is 1. The van der Waals surface area contributed by atoms with Crippen LogP contribution in [0.25, 0.3) is 0 Å². The molecular weight excluding hydrogens is 240 g/mol. The Morgan fingerprint density at radius 1 is 1.21 bits per heavy atom.